The van der Waals surface area contributed by atoms with Crippen LogP contribution in [0, 0.1) is 11.3 Å². The molecule has 72 valence electrons. The molecular formula is C11H7N3O. The number of hydrogen-bond acceptors (Lipinski definition) is 3. The molecule has 0 aliphatic carbocycles. The Morgan fingerprint density at radius 2 is 2.20 bits per heavy atom. The molecule has 1 N–H and O–H groups in total. The van der Waals surface area contributed by atoms with Crippen LogP contribution in [0.25, 0.3) is 16.6 Å². The van der Waals surface area contributed by atoms with Crippen LogP contribution in [-0.2, 0) is 6.54 Å². The summed E-state index contributed by atoms with van der Waals surface area (Å²) in [4.78, 5) is 4.32. The zero-order valence-corrected chi connectivity index (χ0v) is 7.81. The summed E-state index contributed by atoms with van der Waals surface area (Å²) in [7, 11) is 0. The van der Waals surface area contributed by atoms with Crippen LogP contribution in [0.2, 0.25) is 0 Å². The first kappa shape index (κ1) is 8.06. The average Bonchev–Trinajstić information content (AvgIpc) is 2.72. The maximum atomic E-state index is 9.55. The fourth-order valence-electron chi connectivity index (χ4n) is 1.90. The van der Waals surface area contributed by atoms with Gasteiger partial charge in [-0.2, -0.15) is 5.26 Å². The zero-order chi connectivity index (χ0) is 10.4. The summed E-state index contributed by atoms with van der Waals surface area (Å²) in [6, 6.07) is 9.62. The first-order valence-corrected chi connectivity index (χ1v) is 4.59. The van der Waals surface area contributed by atoms with Crippen molar-refractivity contribution in [3.05, 3.63) is 35.8 Å². The Morgan fingerprint density at radius 3 is 3.00 bits per heavy atom. The molecule has 1 aliphatic heterocycles. The van der Waals surface area contributed by atoms with E-state index in [1.807, 2.05) is 34.9 Å². The minimum Gasteiger partial charge on any atom is -0.509 e. The predicted octanol–water partition coefficient (Wildman–Crippen LogP) is 1.84. The molecule has 0 radical (unpaired) electrons. The fraction of sp³-hybridized carbons (Fsp3) is 0.0909. The highest BCUT2D eigenvalue weighted by molar-refractivity contribution is 5.86. The molecule has 0 unspecified atom stereocenters. The van der Waals surface area contributed by atoms with E-state index in [4.69, 9.17) is 5.26 Å². The molecule has 0 amide bonds. The van der Waals surface area contributed by atoms with Crippen LogP contribution in [0.4, 0.5) is 0 Å². The van der Waals surface area contributed by atoms with Crippen LogP contribution in [0.3, 0.4) is 0 Å². The van der Waals surface area contributed by atoms with Gasteiger partial charge < -0.3 is 9.67 Å². The van der Waals surface area contributed by atoms with Crippen LogP contribution >= 0.6 is 0 Å². The maximum absolute atomic E-state index is 9.55. The molecule has 3 rings (SSSR count). The van der Waals surface area contributed by atoms with Crippen LogP contribution in [0.1, 0.15) is 5.82 Å². The van der Waals surface area contributed by atoms with E-state index in [0.29, 0.717) is 12.4 Å². The van der Waals surface area contributed by atoms with Crippen LogP contribution in [-0.4, -0.2) is 14.7 Å². The van der Waals surface area contributed by atoms with Gasteiger partial charge >= 0.3 is 0 Å². The molecule has 0 saturated carbocycles. The second-order valence-electron chi connectivity index (χ2n) is 3.44. The maximum Gasteiger partial charge on any atom is 0.155 e. The molecule has 4 nitrogen and oxygen atoms in total. The highest BCUT2D eigenvalue weighted by Crippen LogP contribution is 2.29. The third kappa shape index (κ3) is 0.919. The van der Waals surface area contributed by atoms with Crippen molar-refractivity contribution < 1.29 is 5.11 Å². The number of benzene rings is 1. The molecule has 1 aromatic carbocycles. The molecule has 0 fully saturated rings. The van der Waals surface area contributed by atoms with Gasteiger partial charge in [0.25, 0.3) is 0 Å². The topological polar surface area (TPSA) is 61.8 Å². The number of fused-ring (bicyclic) bond motifs is 3. The number of nitriles is 1. The van der Waals surface area contributed by atoms with Gasteiger partial charge in [-0.1, -0.05) is 12.1 Å². The van der Waals surface area contributed by atoms with Crippen molar-refractivity contribution in [2.75, 3.05) is 0 Å². The van der Waals surface area contributed by atoms with Crippen molar-refractivity contribution >= 4 is 16.6 Å². The van der Waals surface area contributed by atoms with Crippen LogP contribution in [0.5, 0.6) is 0 Å². The predicted molar refractivity (Wildman–Crippen MR) is 54.9 cm³/mol. The van der Waals surface area contributed by atoms with E-state index >= 15 is 0 Å². The minimum atomic E-state index is 0.103. The van der Waals surface area contributed by atoms with E-state index in [1.54, 1.807) is 0 Å². The van der Waals surface area contributed by atoms with E-state index in [9.17, 15) is 5.11 Å². The summed E-state index contributed by atoms with van der Waals surface area (Å²) in [5, 5.41) is 18.4. The van der Waals surface area contributed by atoms with Gasteiger partial charge in [-0.15, -0.1) is 0 Å². The number of hydrogen-bond donors (Lipinski definition) is 1. The van der Waals surface area contributed by atoms with E-state index in [1.165, 1.54) is 0 Å². The monoisotopic (exact) mass is 197 g/mol. The molecule has 0 spiro atoms. The molecule has 0 bridgehead atoms. The van der Waals surface area contributed by atoms with Crippen LogP contribution < -0.4 is 0 Å². The van der Waals surface area contributed by atoms with Gasteiger partial charge in [-0.05, 0) is 12.1 Å². The first-order valence-electron chi connectivity index (χ1n) is 4.59. The largest absolute Gasteiger partial charge is 0.509 e. The number of aliphatic hydroxyl groups is 1. The highest BCUT2D eigenvalue weighted by atomic mass is 16.3. The van der Waals surface area contributed by atoms with E-state index in [-0.39, 0.29) is 11.3 Å². The van der Waals surface area contributed by atoms with Crippen molar-refractivity contribution in [3.8, 4) is 6.07 Å². The molecule has 2 heterocycles. The second kappa shape index (κ2) is 2.61. The molecule has 1 aromatic heterocycles. The van der Waals surface area contributed by atoms with Crippen molar-refractivity contribution in [2.45, 2.75) is 6.54 Å². The summed E-state index contributed by atoms with van der Waals surface area (Å²) in [6.45, 7) is 0.346. The quantitative estimate of drug-likeness (QED) is 0.700. The number of aromatic nitrogens is 2. The molecule has 15 heavy (non-hydrogen) atoms. The van der Waals surface area contributed by atoms with Gasteiger partial charge in [0, 0.05) is 0 Å². The van der Waals surface area contributed by atoms with Gasteiger partial charge in [0.2, 0.25) is 0 Å². The fourth-order valence-corrected chi connectivity index (χ4v) is 1.90. The lowest BCUT2D eigenvalue weighted by Gasteiger charge is -1.97. The van der Waals surface area contributed by atoms with Gasteiger partial charge in [0.1, 0.15) is 17.4 Å². The van der Waals surface area contributed by atoms with Crippen molar-refractivity contribution in [1.82, 2.24) is 9.55 Å². The lowest BCUT2D eigenvalue weighted by molar-refractivity contribution is 0.390. The molecule has 1 aliphatic rings. The molecule has 4 heteroatoms. The SMILES string of the molecule is N#CC1=C(O)Cn2c1nc1ccccc12. The lowest BCUT2D eigenvalue weighted by Crippen LogP contribution is -1.94. The zero-order valence-electron chi connectivity index (χ0n) is 7.81. The number of allylic oxidation sites excluding steroid dienone is 2. The molecule has 0 saturated heterocycles. The number of nitrogens with zero attached hydrogens (tertiary/aromatic N) is 3. The molecular weight excluding hydrogens is 190 g/mol. The summed E-state index contributed by atoms with van der Waals surface area (Å²) in [6.07, 6.45) is 0. The van der Waals surface area contributed by atoms with E-state index in [2.05, 4.69) is 4.98 Å². The van der Waals surface area contributed by atoms with Gasteiger partial charge in [-0.25, -0.2) is 4.98 Å². The Balaban J connectivity index is 2.37. The Bertz CT molecular complexity index is 631. The number of rotatable bonds is 0. The normalized spacial score (nSPS) is 14.3. The summed E-state index contributed by atoms with van der Waals surface area (Å²) < 4.78 is 1.85. The van der Waals surface area contributed by atoms with E-state index in [0.717, 1.165) is 11.0 Å². The Hall–Kier alpha value is -2.28. The third-order valence-corrected chi connectivity index (χ3v) is 2.59. The average molecular weight is 197 g/mol. The summed E-state index contributed by atoms with van der Waals surface area (Å²) in [5.41, 5.74) is 2.09. The third-order valence-electron chi connectivity index (χ3n) is 2.59. The Labute approximate surface area is 85.7 Å². The summed E-state index contributed by atoms with van der Waals surface area (Å²) >= 11 is 0. The second-order valence-corrected chi connectivity index (χ2v) is 3.44. The Kier molecular flexibility index (Phi) is 1.40. The Morgan fingerprint density at radius 1 is 1.40 bits per heavy atom. The number of para-hydroxylation sites is 2. The van der Waals surface area contributed by atoms with E-state index < -0.39 is 0 Å². The van der Waals surface area contributed by atoms with Crippen molar-refractivity contribution in [3.63, 3.8) is 0 Å². The molecule has 0 atom stereocenters. The first-order chi connectivity index (χ1) is 7.31. The highest BCUT2D eigenvalue weighted by Gasteiger charge is 2.24. The standard InChI is InChI=1S/C11H7N3O/c12-5-7-10(15)6-14-9-4-2-1-3-8(9)13-11(7)14/h1-4,15H,6H2. The van der Waals surface area contributed by atoms with Crippen molar-refractivity contribution in [2.24, 2.45) is 0 Å². The summed E-state index contributed by atoms with van der Waals surface area (Å²) in [5.74, 6) is 0.668. The number of aliphatic hydroxyl groups excluding tert-OH is 1. The van der Waals surface area contributed by atoms with Gasteiger partial charge in [0.15, 0.2) is 5.82 Å². The minimum absolute atomic E-state index is 0.103. The van der Waals surface area contributed by atoms with Crippen LogP contribution in [0.15, 0.2) is 30.0 Å². The molecule has 2 aromatic rings. The number of imidazole rings is 1. The van der Waals surface area contributed by atoms with Gasteiger partial charge in [-0.3, -0.25) is 0 Å². The van der Waals surface area contributed by atoms with Crippen molar-refractivity contribution in [1.29, 1.82) is 5.26 Å². The lowest BCUT2D eigenvalue weighted by atomic mass is 10.3. The smallest absolute Gasteiger partial charge is 0.155 e. The van der Waals surface area contributed by atoms with Gasteiger partial charge in [0.05, 0.1) is 17.6 Å².